The Morgan fingerprint density at radius 2 is 2.05 bits per heavy atom. The van der Waals surface area contributed by atoms with Gasteiger partial charge in [-0.2, -0.15) is 0 Å². The summed E-state index contributed by atoms with van der Waals surface area (Å²) >= 11 is 3.42. The molecule has 3 heteroatoms. The van der Waals surface area contributed by atoms with Crippen molar-refractivity contribution < 1.29 is 9.84 Å². The molecule has 19 heavy (non-hydrogen) atoms. The van der Waals surface area contributed by atoms with E-state index in [1.807, 2.05) is 18.2 Å². The van der Waals surface area contributed by atoms with Crippen LogP contribution in [0.5, 0.6) is 5.75 Å². The lowest BCUT2D eigenvalue weighted by atomic mass is 9.90. The van der Waals surface area contributed by atoms with Gasteiger partial charge in [0.25, 0.3) is 0 Å². The van der Waals surface area contributed by atoms with Gasteiger partial charge in [-0.15, -0.1) is 0 Å². The van der Waals surface area contributed by atoms with Gasteiger partial charge in [0.1, 0.15) is 5.75 Å². The van der Waals surface area contributed by atoms with Gasteiger partial charge in [0.05, 0.1) is 13.2 Å². The van der Waals surface area contributed by atoms with E-state index in [0.29, 0.717) is 5.92 Å². The molecule has 2 atom stereocenters. The van der Waals surface area contributed by atoms with Crippen molar-refractivity contribution in [3.05, 3.63) is 28.2 Å². The summed E-state index contributed by atoms with van der Waals surface area (Å²) in [7, 11) is 1.65. The number of aliphatic hydroxyl groups excluding tert-OH is 1. The molecule has 0 radical (unpaired) electrons. The first kappa shape index (κ1) is 16.5. The fourth-order valence-electron chi connectivity index (χ4n) is 2.38. The molecule has 2 nitrogen and oxygen atoms in total. The summed E-state index contributed by atoms with van der Waals surface area (Å²) in [4.78, 5) is 0. The quantitative estimate of drug-likeness (QED) is 0.719. The van der Waals surface area contributed by atoms with Crippen molar-refractivity contribution >= 4 is 15.9 Å². The topological polar surface area (TPSA) is 29.5 Å². The molecule has 0 heterocycles. The molecule has 0 aromatic heterocycles. The van der Waals surface area contributed by atoms with Gasteiger partial charge in [-0.1, -0.05) is 61.5 Å². The Labute approximate surface area is 125 Å². The molecule has 1 aromatic rings. The van der Waals surface area contributed by atoms with Crippen molar-refractivity contribution in [3.8, 4) is 5.75 Å². The average molecular weight is 329 g/mol. The van der Waals surface area contributed by atoms with Gasteiger partial charge in [-0.05, 0) is 24.5 Å². The van der Waals surface area contributed by atoms with E-state index in [0.717, 1.165) is 28.6 Å². The third kappa shape index (κ3) is 5.15. The van der Waals surface area contributed by atoms with Crippen molar-refractivity contribution in [2.24, 2.45) is 5.92 Å². The van der Waals surface area contributed by atoms with Crippen molar-refractivity contribution in [3.63, 3.8) is 0 Å². The van der Waals surface area contributed by atoms with E-state index in [1.54, 1.807) is 7.11 Å². The molecular formula is C16H25BrO2. The highest BCUT2D eigenvalue weighted by Gasteiger charge is 2.18. The van der Waals surface area contributed by atoms with Gasteiger partial charge in [-0.25, -0.2) is 0 Å². The van der Waals surface area contributed by atoms with Crippen molar-refractivity contribution in [2.45, 2.75) is 52.1 Å². The number of hydrogen-bond donors (Lipinski definition) is 1. The van der Waals surface area contributed by atoms with Gasteiger partial charge in [0, 0.05) is 10.0 Å². The number of methoxy groups -OCH3 is 1. The first-order chi connectivity index (χ1) is 9.12. The molecule has 0 fully saturated rings. The Balaban J connectivity index is 2.73. The Morgan fingerprint density at radius 3 is 2.63 bits per heavy atom. The zero-order valence-electron chi connectivity index (χ0n) is 12.2. The zero-order valence-corrected chi connectivity index (χ0v) is 13.7. The van der Waals surface area contributed by atoms with Crippen molar-refractivity contribution in [2.75, 3.05) is 7.11 Å². The lowest BCUT2D eigenvalue weighted by Crippen LogP contribution is -2.08. The summed E-state index contributed by atoms with van der Waals surface area (Å²) in [5.74, 6) is 1.34. The third-order valence-corrected chi connectivity index (χ3v) is 4.15. The Hall–Kier alpha value is -0.540. The highest BCUT2D eigenvalue weighted by atomic mass is 79.9. The summed E-state index contributed by atoms with van der Waals surface area (Å²) in [5.41, 5.74) is 0.889. The van der Waals surface area contributed by atoms with E-state index in [-0.39, 0.29) is 0 Å². The first-order valence-electron chi connectivity index (χ1n) is 7.13. The lowest BCUT2D eigenvalue weighted by Gasteiger charge is -2.20. The maximum Gasteiger partial charge on any atom is 0.125 e. The van der Waals surface area contributed by atoms with Crippen LogP contribution in [0.1, 0.15) is 57.6 Å². The standard InChI is InChI=1S/C16H25BrO2/c1-4-6-7-12(5-2)10-15(18)14-9-8-13(17)11-16(14)19-3/h8-9,11-12,15,18H,4-7,10H2,1-3H3. The van der Waals surface area contributed by atoms with Crippen LogP contribution in [0.2, 0.25) is 0 Å². The van der Waals surface area contributed by atoms with Gasteiger partial charge < -0.3 is 9.84 Å². The maximum absolute atomic E-state index is 10.4. The molecule has 0 spiro atoms. The van der Waals surface area contributed by atoms with E-state index in [9.17, 15) is 5.11 Å². The maximum atomic E-state index is 10.4. The predicted octanol–water partition coefficient (Wildman–Crippen LogP) is 5.10. The van der Waals surface area contributed by atoms with Crippen LogP contribution in [-0.2, 0) is 0 Å². The number of ether oxygens (including phenoxy) is 1. The fraction of sp³-hybridized carbons (Fsp3) is 0.625. The molecule has 0 saturated heterocycles. The molecule has 108 valence electrons. The van der Waals surface area contributed by atoms with E-state index in [1.165, 1.54) is 19.3 Å². The smallest absolute Gasteiger partial charge is 0.125 e. The minimum absolute atomic E-state index is 0.440. The number of unbranched alkanes of at least 4 members (excludes halogenated alkanes) is 1. The number of halogens is 1. The largest absolute Gasteiger partial charge is 0.496 e. The first-order valence-corrected chi connectivity index (χ1v) is 7.93. The molecule has 0 aliphatic rings. The Bertz CT molecular complexity index is 379. The normalized spacial score (nSPS) is 14.2. The van der Waals surface area contributed by atoms with Crippen LogP contribution in [0.15, 0.2) is 22.7 Å². The van der Waals surface area contributed by atoms with Crippen LogP contribution in [0.4, 0.5) is 0 Å². The molecule has 1 N–H and O–H groups in total. The van der Waals surface area contributed by atoms with Crippen LogP contribution >= 0.6 is 15.9 Å². The minimum atomic E-state index is -0.440. The number of aliphatic hydroxyl groups is 1. The predicted molar refractivity (Wildman–Crippen MR) is 83.6 cm³/mol. The molecule has 0 saturated carbocycles. The number of hydrogen-bond acceptors (Lipinski definition) is 2. The van der Waals surface area contributed by atoms with Gasteiger partial charge in [0.15, 0.2) is 0 Å². The van der Waals surface area contributed by atoms with Crippen LogP contribution in [-0.4, -0.2) is 12.2 Å². The van der Waals surface area contributed by atoms with E-state index in [4.69, 9.17) is 4.74 Å². The molecule has 2 unspecified atom stereocenters. The summed E-state index contributed by atoms with van der Waals surface area (Å²) in [6.07, 6.45) is 5.15. The summed E-state index contributed by atoms with van der Waals surface area (Å²) in [6.45, 7) is 4.41. The summed E-state index contributed by atoms with van der Waals surface area (Å²) in [5, 5.41) is 10.4. The Morgan fingerprint density at radius 1 is 1.32 bits per heavy atom. The van der Waals surface area contributed by atoms with Crippen LogP contribution < -0.4 is 4.74 Å². The van der Waals surface area contributed by atoms with Crippen LogP contribution in [0.3, 0.4) is 0 Å². The fourth-order valence-corrected chi connectivity index (χ4v) is 2.72. The molecule has 0 aliphatic heterocycles. The van der Waals surface area contributed by atoms with E-state index in [2.05, 4.69) is 29.8 Å². The van der Waals surface area contributed by atoms with Gasteiger partial charge in [-0.3, -0.25) is 0 Å². The lowest BCUT2D eigenvalue weighted by molar-refractivity contribution is 0.136. The average Bonchev–Trinajstić information content (AvgIpc) is 2.42. The molecule has 0 amide bonds. The second-order valence-corrected chi connectivity index (χ2v) is 5.97. The summed E-state index contributed by atoms with van der Waals surface area (Å²) < 4.78 is 6.32. The van der Waals surface area contributed by atoms with Crippen molar-refractivity contribution in [1.82, 2.24) is 0 Å². The number of rotatable bonds is 8. The molecule has 0 bridgehead atoms. The number of benzene rings is 1. The van der Waals surface area contributed by atoms with E-state index >= 15 is 0 Å². The molecule has 0 aliphatic carbocycles. The Kier molecular flexibility index (Phi) is 7.47. The minimum Gasteiger partial charge on any atom is -0.496 e. The molecular weight excluding hydrogens is 304 g/mol. The second-order valence-electron chi connectivity index (χ2n) is 5.05. The third-order valence-electron chi connectivity index (χ3n) is 3.65. The van der Waals surface area contributed by atoms with Crippen LogP contribution in [0.25, 0.3) is 0 Å². The van der Waals surface area contributed by atoms with Crippen molar-refractivity contribution in [1.29, 1.82) is 0 Å². The van der Waals surface area contributed by atoms with Gasteiger partial charge >= 0.3 is 0 Å². The molecule has 1 rings (SSSR count). The SMILES string of the molecule is CCCCC(CC)CC(O)c1ccc(Br)cc1OC. The monoisotopic (exact) mass is 328 g/mol. The van der Waals surface area contributed by atoms with E-state index < -0.39 is 6.10 Å². The van der Waals surface area contributed by atoms with Crippen LogP contribution in [0, 0.1) is 5.92 Å². The molecule has 1 aromatic carbocycles. The summed E-state index contributed by atoms with van der Waals surface area (Å²) in [6, 6.07) is 5.81. The van der Waals surface area contributed by atoms with Gasteiger partial charge in [0.2, 0.25) is 0 Å². The zero-order chi connectivity index (χ0) is 14.3. The highest BCUT2D eigenvalue weighted by Crippen LogP contribution is 2.33. The second kappa shape index (κ2) is 8.60. The highest BCUT2D eigenvalue weighted by molar-refractivity contribution is 9.10.